The second-order valence-electron chi connectivity index (χ2n) is 6.33. The molecule has 4 rings (SSSR count). The van der Waals surface area contributed by atoms with Crippen molar-refractivity contribution < 1.29 is 14.3 Å². The summed E-state index contributed by atoms with van der Waals surface area (Å²) < 4.78 is 6.22. The lowest BCUT2D eigenvalue weighted by Crippen LogP contribution is -2.16. The van der Waals surface area contributed by atoms with Crippen LogP contribution in [0.5, 0.6) is 0 Å². The molecular formula is C20H17N5O3. The summed E-state index contributed by atoms with van der Waals surface area (Å²) >= 11 is 0. The predicted octanol–water partition coefficient (Wildman–Crippen LogP) is 2.52. The number of ketones is 1. The van der Waals surface area contributed by atoms with Crippen LogP contribution in [0.25, 0.3) is 22.0 Å². The van der Waals surface area contributed by atoms with Gasteiger partial charge in [-0.15, -0.1) is 0 Å². The van der Waals surface area contributed by atoms with Crippen LogP contribution in [-0.4, -0.2) is 44.3 Å². The first-order chi connectivity index (χ1) is 13.6. The lowest BCUT2D eigenvalue weighted by molar-refractivity contribution is -0.141. The van der Waals surface area contributed by atoms with Crippen LogP contribution in [0.2, 0.25) is 0 Å². The number of rotatable bonds is 5. The van der Waals surface area contributed by atoms with Gasteiger partial charge in [0.15, 0.2) is 0 Å². The minimum atomic E-state index is -0.445. The maximum Gasteiger partial charge on any atom is 0.327 e. The van der Waals surface area contributed by atoms with Gasteiger partial charge in [-0.05, 0) is 24.6 Å². The van der Waals surface area contributed by atoms with Crippen molar-refractivity contribution in [1.82, 2.24) is 19.7 Å². The Morgan fingerprint density at radius 1 is 1.18 bits per heavy atom. The summed E-state index contributed by atoms with van der Waals surface area (Å²) in [6.45, 7) is 1.73. The number of aromatic nitrogens is 4. The Balaban J connectivity index is 1.85. The van der Waals surface area contributed by atoms with Crippen molar-refractivity contribution in [2.45, 2.75) is 19.9 Å². The zero-order valence-corrected chi connectivity index (χ0v) is 15.4. The van der Waals surface area contributed by atoms with Gasteiger partial charge in [0.1, 0.15) is 18.1 Å². The van der Waals surface area contributed by atoms with Crippen LogP contribution in [0, 0.1) is 6.92 Å². The summed E-state index contributed by atoms with van der Waals surface area (Å²) in [6, 6.07) is 5.57. The molecule has 8 heteroatoms. The Morgan fingerprint density at radius 2 is 1.96 bits per heavy atom. The molecule has 0 bridgehead atoms. The largest absolute Gasteiger partial charge is 0.468 e. The summed E-state index contributed by atoms with van der Waals surface area (Å²) in [5.41, 5.74) is 3.03. The highest BCUT2D eigenvalue weighted by Gasteiger charge is 2.23. The second kappa shape index (κ2) is 7.15. The van der Waals surface area contributed by atoms with Gasteiger partial charge in [-0.2, -0.15) is 5.10 Å². The first-order valence-electron chi connectivity index (χ1n) is 8.69. The molecule has 0 unspecified atom stereocenters. The lowest BCUT2D eigenvalue weighted by Gasteiger charge is -2.04. The maximum absolute atomic E-state index is 12.9. The topological polar surface area (TPSA) is 99.3 Å². The average molecular weight is 375 g/mol. The molecule has 0 N–H and O–H groups in total. The number of aryl methyl sites for hydroxylation is 1. The average Bonchev–Trinajstić information content (AvgIpc) is 3.36. The van der Waals surface area contributed by atoms with Crippen LogP contribution in [0.15, 0.2) is 47.9 Å². The zero-order chi connectivity index (χ0) is 19.7. The van der Waals surface area contributed by atoms with Gasteiger partial charge in [0, 0.05) is 36.0 Å². The quantitative estimate of drug-likeness (QED) is 0.502. The van der Waals surface area contributed by atoms with Gasteiger partial charge < -0.3 is 4.74 Å². The first-order valence-corrected chi connectivity index (χ1v) is 8.69. The number of hydrogen-bond acceptors (Lipinski definition) is 7. The first kappa shape index (κ1) is 17.7. The van der Waals surface area contributed by atoms with Gasteiger partial charge in [0.05, 0.1) is 18.3 Å². The molecular weight excluding hydrogens is 358 g/mol. The Morgan fingerprint density at radius 3 is 2.64 bits per heavy atom. The molecule has 8 nitrogen and oxygen atoms in total. The number of Topliss-reactive ketones (excluding diaryl/α,β-unsaturated/α-hetero) is 1. The Labute approximate surface area is 160 Å². The van der Waals surface area contributed by atoms with Gasteiger partial charge in [0.2, 0.25) is 5.78 Å². The summed E-state index contributed by atoms with van der Waals surface area (Å²) in [5.74, 6) is -0.0199. The third kappa shape index (κ3) is 3.20. The van der Waals surface area contributed by atoms with Crippen molar-refractivity contribution in [3.63, 3.8) is 0 Å². The molecule has 0 spiro atoms. The number of aliphatic imine (C=N–C) groups is 1. The predicted molar refractivity (Wildman–Crippen MR) is 103 cm³/mol. The standard InChI is InChI=1S/C20H17N5O3/c1-12-22-9-14(10-23-12)13-5-6-17-15(8-13)19(20(27)16-4-3-7-21-16)24-25(17)11-18(26)28-2/h3,5-10H,4,11H2,1-2H3. The van der Waals surface area contributed by atoms with Gasteiger partial charge in [-0.25, -0.2) is 9.97 Å². The van der Waals surface area contributed by atoms with Crippen LogP contribution in [0.1, 0.15) is 22.7 Å². The van der Waals surface area contributed by atoms with E-state index >= 15 is 0 Å². The van der Waals surface area contributed by atoms with E-state index in [-0.39, 0.29) is 18.0 Å². The smallest absolute Gasteiger partial charge is 0.327 e. The van der Waals surface area contributed by atoms with E-state index < -0.39 is 5.97 Å². The van der Waals surface area contributed by atoms with Crippen LogP contribution in [0.3, 0.4) is 0 Å². The van der Waals surface area contributed by atoms with Crippen LogP contribution >= 0.6 is 0 Å². The van der Waals surface area contributed by atoms with E-state index in [0.717, 1.165) is 11.1 Å². The highest BCUT2D eigenvalue weighted by atomic mass is 16.5. The van der Waals surface area contributed by atoms with Crippen molar-refractivity contribution in [2.75, 3.05) is 7.11 Å². The van der Waals surface area contributed by atoms with E-state index in [1.807, 2.05) is 31.2 Å². The van der Waals surface area contributed by atoms with Crippen molar-refractivity contribution in [3.8, 4) is 11.1 Å². The van der Waals surface area contributed by atoms with Crippen molar-refractivity contribution >= 4 is 28.4 Å². The molecule has 1 aromatic carbocycles. The number of ether oxygens (including phenoxy) is 1. The Hall–Kier alpha value is -3.68. The fourth-order valence-corrected chi connectivity index (χ4v) is 3.02. The number of nitrogens with zero attached hydrogens (tertiary/aromatic N) is 5. The number of fused-ring (bicyclic) bond motifs is 1. The number of esters is 1. The molecule has 140 valence electrons. The van der Waals surface area contributed by atoms with Gasteiger partial charge >= 0.3 is 5.97 Å². The molecule has 0 saturated heterocycles. The molecule has 1 aliphatic rings. The van der Waals surface area contributed by atoms with Crippen LogP contribution in [0.4, 0.5) is 0 Å². The molecule has 0 saturated carbocycles. The molecule has 0 aliphatic carbocycles. The van der Waals surface area contributed by atoms with Gasteiger partial charge in [-0.3, -0.25) is 19.3 Å². The van der Waals surface area contributed by atoms with E-state index in [2.05, 4.69) is 20.1 Å². The van der Waals surface area contributed by atoms with E-state index in [0.29, 0.717) is 28.9 Å². The molecule has 0 fully saturated rings. The van der Waals surface area contributed by atoms with Crippen LogP contribution < -0.4 is 0 Å². The Bertz CT molecular complexity index is 1140. The molecule has 0 radical (unpaired) electrons. The van der Waals surface area contributed by atoms with Gasteiger partial charge in [-0.1, -0.05) is 12.1 Å². The van der Waals surface area contributed by atoms with Crippen LogP contribution in [-0.2, 0) is 16.1 Å². The molecule has 3 aromatic rings. The zero-order valence-electron chi connectivity index (χ0n) is 15.4. The summed E-state index contributed by atoms with van der Waals surface area (Å²) in [4.78, 5) is 37.3. The molecule has 1 aliphatic heterocycles. The fourth-order valence-electron chi connectivity index (χ4n) is 3.02. The summed E-state index contributed by atoms with van der Waals surface area (Å²) in [5, 5.41) is 5.04. The SMILES string of the molecule is COC(=O)Cn1nc(C(=O)C2=NC=CC2)c2cc(-c3cnc(C)nc3)ccc21. The lowest BCUT2D eigenvalue weighted by atomic mass is 10.0. The van der Waals surface area contributed by atoms with E-state index in [4.69, 9.17) is 4.74 Å². The summed E-state index contributed by atoms with van der Waals surface area (Å²) in [6.07, 6.45) is 7.35. The van der Waals surface area contributed by atoms with Crippen molar-refractivity contribution in [2.24, 2.45) is 4.99 Å². The monoisotopic (exact) mass is 375 g/mol. The van der Waals surface area contributed by atoms with E-state index in [9.17, 15) is 9.59 Å². The number of allylic oxidation sites excluding steroid dienone is 1. The summed E-state index contributed by atoms with van der Waals surface area (Å²) in [7, 11) is 1.31. The van der Waals surface area contributed by atoms with E-state index in [1.54, 1.807) is 18.6 Å². The Kier molecular flexibility index (Phi) is 4.52. The van der Waals surface area contributed by atoms with E-state index in [1.165, 1.54) is 11.8 Å². The number of hydrogen-bond donors (Lipinski definition) is 0. The van der Waals surface area contributed by atoms with Crippen molar-refractivity contribution in [1.29, 1.82) is 0 Å². The molecule has 0 amide bonds. The van der Waals surface area contributed by atoms with Crippen molar-refractivity contribution in [3.05, 3.63) is 54.4 Å². The molecule has 0 atom stereocenters. The molecule has 2 aromatic heterocycles. The molecule has 28 heavy (non-hydrogen) atoms. The maximum atomic E-state index is 12.9. The number of methoxy groups -OCH3 is 1. The highest BCUT2D eigenvalue weighted by molar-refractivity contribution is 6.48. The highest BCUT2D eigenvalue weighted by Crippen LogP contribution is 2.27. The second-order valence-corrected chi connectivity index (χ2v) is 6.33. The molecule has 3 heterocycles. The minimum absolute atomic E-state index is 0.0853. The van der Waals surface area contributed by atoms with Gasteiger partial charge in [0.25, 0.3) is 0 Å². The number of carbonyl (C=O) groups is 2. The fraction of sp³-hybridized carbons (Fsp3) is 0.200. The third-order valence-corrected chi connectivity index (χ3v) is 4.50. The number of benzene rings is 1. The third-order valence-electron chi connectivity index (χ3n) is 4.50. The number of carbonyl (C=O) groups excluding carboxylic acids is 2. The normalized spacial score (nSPS) is 13.0. The minimum Gasteiger partial charge on any atom is -0.468 e.